The molecule has 35 heavy (non-hydrogen) atoms. The van der Waals surface area contributed by atoms with Crippen LogP contribution in [-0.4, -0.2) is 23.4 Å². The van der Waals surface area contributed by atoms with Gasteiger partial charge in [0.25, 0.3) is 17.2 Å². The lowest BCUT2D eigenvalue weighted by Gasteiger charge is -2.21. The van der Waals surface area contributed by atoms with Gasteiger partial charge in [0, 0.05) is 33.6 Å². The summed E-state index contributed by atoms with van der Waals surface area (Å²) in [4.78, 5) is 13.2. The summed E-state index contributed by atoms with van der Waals surface area (Å²) in [5.74, 6) is -0.360. The van der Waals surface area contributed by atoms with Crippen LogP contribution in [0.15, 0.2) is 66.7 Å². The van der Waals surface area contributed by atoms with E-state index in [0.717, 1.165) is 21.6 Å². The number of benzene rings is 3. The lowest BCUT2D eigenvalue weighted by molar-refractivity contribution is 0.0951. The number of carbonyl (C=O) groups is 1. The Morgan fingerprint density at radius 2 is 1.71 bits per heavy atom. The number of halogens is 3. The van der Waals surface area contributed by atoms with Crippen molar-refractivity contribution in [3.05, 3.63) is 104 Å². The fourth-order valence-corrected chi connectivity index (χ4v) is 5.27. The van der Waals surface area contributed by atoms with Crippen molar-refractivity contribution < 1.29 is 13.6 Å². The molecule has 0 saturated heterocycles. The molecule has 3 aromatic carbocycles. The molecule has 1 aromatic heterocycles. The Morgan fingerprint density at radius 3 is 2.40 bits per heavy atom. The highest BCUT2D eigenvalue weighted by Crippen LogP contribution is 2.34. The van der Waals surface area contributed by atoms with Crippen molar-refractivity contribution >= 4 is 75.2 Å². The fourth-order valence-electron chi connectivity index (χ4n) is 3.36. The lowest BCUT2D eigenvalue weighted by Crippen LogP contribution is -2.28. The van der Waals surface area contributed by atoms with Crippen LogP contribution in [0.1, 0.15) is 27.2 Å². The monoisotopic (exact) mass is 566 g/mol. The van der Waals surface area contributed by atoms with Crippen LogP contribution >= 0.6 is 46.5 Å². The maximum absolute atomic E-state index is 13.2. The Bertz CT molecular complexity index is 1370. The number of aromatic nitrogens is 2. The third-order valence-electron chi connectivity index (χ3n) is 5.01. The van der Waals surface area contributed by atoms with Gasteiger partial charge in [-0.15, -0.1) is 0 Å². The molecule has 0 radical (unpaired) electrons. The van der Waals surface area contributed by atoms with Gasteiger partial charge in [0.1, 0.15) is 5.69 Å². The van der Waals surface area contributed by atoms with Gasteiger partial charge in [0.2, 0.25) is 0 Å². The Kier molecular flexibility index (Phi) is 8.38. The molecule has 7 nitrogen and oxygen atoms in total. The molecule has 0 aliphatic carbocycles. The van der Waals surface area contributed by atoms with Gasteiger partial charge in [0.15, 0.2) is 5.82 Å². The fraction of sp³-hybridized carbons (Fsp3) is 0.0870. The summed E-state index contributed by atoms with van der Waals surface area (Å²) in [5, 5.41) is 3.85. The van der Waals surface area contributed by atoms with Gasteiger partial charge < -0.3 is 5.32 Å². The minimum Gasteiger partial charge on any atom is -0.348 e. The van der Waals surface area contributed by atoms with Crippen LogP contribution in [0, 0.1) is 0 Å². The minimum absolute atomic E-state index is 0.0547. The van der Waals surface area contributed by atoms with Crippen LogP contribution in [0.2, 0.25) is 15.1 Å². The topological polar surface area (TPSA) is 95.4 Å². The van der Waals surface area contributed by atoms with Crippen molar-refractivity contribution in [2.24, 2.45) is 0 Å². The van der Waals surface area contributed by atoms with Crippen molar-refractivity contribution in [3.8, 4) is 0 Å². The van der Waals surface area contributed by atoms with E-state index >= 15 is 0 Å². The van der Waals surface area contributed by atoms with Gasteiger partial charge in [-0.25, -0.2) is 8.51 Å². The molecule has 4 rings (SSSR count). The zero-order chi connectivity index (χ0) is 24.9. The smallest absolute Gasteiger partial charge is 0.268 e. The third-order valence-corrected chi connectivity index (χ3v) is 7.19. The van der Waals surface area contributed by atoms with Gasteiger partial charge in [-0.1, -0.05) is 71.2 Å². The maximum Gasteiger partial charge on any atom is 0.268 e. The lowest BCUT2D eigenvalue weighted by atomic mass is 10.1. The maximum atomic E-state index is 13.2. The van der Waals surface area contributed by atoms with Crippen LogP contribution in [0.4, 0.5) is 11.5 Å². The average Bonchev–Trinajstić information content (AvgIpc) is 3.26. The molecule has 2 N–H and O–H groups in total. The number of nitrogens with zero attached hydrogens (tertiary/aromatic N) is 3. The first kappa shape index (κ1) is 25.6. The van der Waals surface area contributed by atoms with Gasteiger partial charge >= 0.3 is 0 Å². The first-order valence-corrected chi connectivity index (χ1v) is 13.0. The van der Waals surface area contributed by atoms with E-state index in [1.54, 1.807) is 18.2 Å². The summed E-state index contributed by atoms with van der Waals surface area (Å²) in [6.07, 6.45) is 0.382. The van der Waals surface area contributed by atoms with Crippen molar-refractivity contribution in [2.75, 3.05) is 4.31 Å². The Hall–Kier alpha value is -2.53. The summed E-state index contributed by atoms with van der Waals surface area (Å²) >= 11 is 16.9. The first-order valence-electron chi connectivity index (χ1n) is 10.1. The van der Waals surface area contributed by atoms with E-state index in [4.69, 9.17) is 34.8 Å². The van der Waals surface area contributed by atoms with Crippen molar-refractivity contribution in [1.29, 1.82) is 0 Å². The van der Waals surface area contributed by atoms with E-state index in [2.05, 4.69) is 14.1 Å². The highest BCUT2D eigenvalue weighted by molar-refractivity contribution is 7.81. The summed E-state index contributed by atoms with van der Waals surface area (Å²) in [6, 6.07) is 19.0. The summed E-state index contributed by atoms with van der Waals surface area (Å²) in [5.41, 5.74) is 2.20. The average molecular weight is 568 g/mol. The molecular weight excluding hydrogens is 551 g/mol. The number of hydrogen-bond donors (Lipinski definition) is 2. The summed E-state index contributed by atoms with van der Waals surface area (Å²) in [6.45, 7) is 0.0547. The Balaban J connectivity index is 1.68. The first-order chi connectivity index (χ1) is 16.8. The van der Waals surface area contributed by atoms with Gasteiger partial charge in [-0.2, -0.15) is 8.75 Å². The normalized spacial score (nSPS) is 11.8. The van der Waals surface area contributed by atoms with E-state index in [1.165, 1.54) is 18.2 Å². The van der Waals surface area contributed by atoms with Crippen molar-refractivity contribution in [3.63, 3.8) is 0 Å². The largest absolute Gasteiger partial charge is 0.348 e. The van der Waals surface area contributed by atoms with Gasteiger partial charge in [-0.05, 0) is 35.9 Å². The molecule has 0 fully saturated rings. The number of rotatable bonds is 8. The molecule has 1 amide bonds. The molecule has 0 saturated carbocycles. The minimum atomic E-state index is -2.58. The second-order valence-electron chi connectivity index (χ2n) is 7.27. The quantitative estimate of drug-likeness (QED) is 0.244. The molecule has 1 unspecified atom stereocenters. The Labute approximate surface area is 223 Å². The van der Waals surface area contributed by atoms with Crippen molar-refractivity contribution in [2.45, 2.75) is 13.0 Å². The second kappa shape index (κ2) is 11.5. The number of nitrogens with one attached hydrogen (secondary N) is 1. The molecule has 180 valence electrons. The number of hydrogen-bond acceptors (Lipinski definition) is 5. The van der Waals surface area contributed by atoms with Crippen LogP contribution in [0.3, 0.4) is 0 Å². The number of amides is 1. The number of carbonyl (C=O) groups excluding carboxylic acids is 1. The molecule has 1 heterocycles. The highest BCUT2D eigenvalue weighted by Gasteiger charge is 2.27. The zero-order valence-electron chi connectivity index (χ0n) is 17.8. The molecular formula is C23H17Cl3N4O3S2. The van der Waals surface area contributed by atoms with E-state index < -0.39 is 17.2 Å². The zero-order valence-corrected chi connectivity index (χ0v) is 21.7. The molecule has 0 aliphatic heterocycles. The predicted octanol–water partition coefficient (Wildman–Crippen LogP) is 6.29. The van der Waals surface area contributed by atoms with Crippen molar-refractivity contribution in [1.82, 2.24) is 14.1 Å². The van der Waals surface area contributed by atoms with E-state index in [1.807, 2.05) is 30.3 Å². The van der Waals surface area contributed by atoms with Crippen LogP contribution in [-0.2, 0) is 24.2 Å². The molecule has 12 heteroatoms. The van der Waals surface area contributed by atoms with Gasteiger partial charge in [0.05, 0.1) is 23.0 Å². The van der Waals surface area contributed by atoms with Crippen LogP contribution in [0.25, 0.3) is 0 Å². The van der Waals surface area contributed by atoms with Crippen LogP contribution < -0.4 is 9.62 Å². The van der Waals surface area contributed by atoms with E-state index in [0.29, 0.717) is 27.7 Å². The molecule has 0 bridgehead atoms. The standard InChI is InChI=1S/C23H17Cl3N4O3S2/c24-15-9-10-16(23(31)27-13-17-18(25)7-4-8-19(17)26)21(12-15)30(35(32)33)22-20(28-34-29-22)11-14-5-2-1-3-6-14/h1-10,12H,11,13H2,(H,27,31)(H,32,33). The van der Waals surface area contributed by atoms with E-state index in [9.17, 15) is 13.6 Å². The number of anilines is 2. The van der Waals surface area contributed by atoms with Gasteiger partial charge in [-0.3, -0.25) is 9.35 Å². The SMILES string of the molecule is O=C(NCc1c(Cl)cccc1Cl)c1ccc(Cl)cc1N(c1nsnc1Cc1ccccc1)S(=O)O. The predicted molar refractivity (Wildman–Crippen MR) is 141 cm³/mol. The molecule has 0 spiro atoms. The third kappa shape index (κ3) is 6.00. The van der Waals surface area contributed by atoms with Crippen LogP contribution in [0.5, 0.6) is 0 Å². The molecule has 0 aliphatic rings. The summed E-state index contributed by atoms with van der Waals surface area (Å²) in [7, 11) is 0. The molecule has 4 aromatic rings. The highest BCUT2D eigenvalue weighted by atomic mass is 35.5. The molecule has 1 atom stereocenters. The summed E-state index contributed by atoms with van der Waals surface area (Å²) < 4.78 is 32.3. The van der Waals surface area contributed by atoms with E-state index in [-0.39, 0.29) is 28.6 Å². The Morgan fingerprint density at radius 1 is 1.00 bits per heavy atom. The second-order valence-corrected chi connectivity index (χ2v) is 9.87.